The van der Waals surface area contributed by atoms with Gasteiger partial charge in [-0.2, -0.15) is 70.2 Å². The van der Waals surface area contributed by atoms with Crippen LogP contribution in [0, 0.1) is 0 Å². The van der Waals surface area contributed by atoms with Crippen LogP contribution in [0.2, 0.25) is 0 Å². The fourth-order valence-corrected chi connectivity index (χ4v) is 3.60. The largest absolute Gasteiger partial charge is 0.495 e. The van der Waals surface area contributed by atoms with Gasteiger partial charge in [0.2, 0.25) is 0 Å². The van der Waals surface area contributed by atoms with Gasteiger partial charge in [-0.3, -0.25) is 0 Å². The SMILES string of the molecule is OCC(O)COCC(O)COCC(F)(F)OC(F)(F)OC(F)(F)C(F)(F)OC(F)(F)COCC(O)COCC(F)(F)OC(F)(F)OC(F)(F)C(F)(F)OC(F)(F)COCC(O)COCC(O)CO. The molecule has 0 aliphatic heterocycles. The summed E-state index contributed by atoms with van der Waals surface area (Å²) in [6.45, 7) is -20.4. The van der Waals surface area contributed by atoms with E-state index in [4.69, 9.17) is 20.4 Å². The fraction of sp³-hybridized carbons (Fsp3) is 1.00. The third-order valence-corrected chi connectivity index (χ3v) is 6.25. The Balaban J connectivity index is 5.03. The zero-order chi connectivity index (χ0) is 53.3. The molecule has 0 rings (SSSR count). The Bertz CT molecular complexity index is 1410. The smallest absolute Gasteiger partial charge is 0.394 e. The monoisotopic (exact) mass is 1070 g/mol. The van der Waals surface area contributed by atoms with E-state index >= 15 is 0 Å². The number of hydrogen-bond donors (Lipinski definition) is 7. The van der Waals surface area contributed by atoms with Crippen LogP contribution in [-0.2, 0) is 56.8 Å². The van der Waals surface area contributed by atoms with Crippen LogP contribution in [0.3, 0.4) is 0 Å². The molecule has 0 aromatic rings. The van der Waals surface area contributed by atoms with Gasteiger partial charge in [0.25, 0.3) is 0 Å². The minimum absolute atomic E-state index is 0.597. The summed E-state index contributed by atoms with van der Waals surface area (Å²) in [5.41, 5.74) is 0. The number of aliphatic hydroxyl groups excluding tert-OH is 7. The molecule has 0 heterocycles. The van der Waals surface area contributed by atoms with Crippen molar-refractivity contribution in [3.8, 4) is 0 Å². The van der Waals surface area contributed by atoms with Crippen LogP contribution in [-0.4, -0.2) is 220 Å². The predicted molar refractivity (Wildman–Crippen MR) is 165 cm³/mol. The molecule has 0 saturated heterocycles. The zero-order valence-electron chi connectivity index (χ0n) is 33.4. The molecular weight excluding hydrogens is 1030 g/mol. The van der Waals surface area contributed by atoms with Gasteiger partial charge in [0.05, 0.1) is 66.1 Å². The van der Waals surface area contributed by atoms with Gasteiger partial charge in [-0.1, -0.05) is 0 Å². The van der Waals surface area contributed by atoms with Crippen molar-refractivity contribution in [1.29, 1.82) is 0 Å². The highest BCUT2D eigenvalue weighted by molar-refractivity contribution is 4.73. The van der Waals surface area contributed by atoms with Gasteiger partial charge >= 0.3 is 61.5 Å². The average Bonchev–Trinajstić information content (AvgIpc) is 3.11. The molecule has 68 heavy (non-hydrogen) atoms. The van der Waals surface area contributed by atoms with Crippen molar-refractivity contribution in [1.82, 2.24) is 0 Å². The topological polar surface area (TPSA) is 252 Å². The number of hydrogen-bond acceptors (Lipinski definition) is 19. The van der Waals surface area contributed by atoms with Crippen molar-refractivity contribution in [2.45, 2.75) is 92.0 Å². The standard InChI is InChI=1S/C29H40F20O19/c30-20(31,11-59-7-17(54)5-57-3-15(52)1-50)63-24(38,39)26(42,43)68-29(48,49)66-23(36,37)14-62-10-19(56)9-60-12-21(32,33)64-25(40,41)27(44,45)67-28(46,47)65-22(34,35)13-61-8-18(55)6-58-4-16(53)2-51/h15-19,50-56H,1-14H2. The predicted octanol–water partition coefficient (Wildman–Crippen LogP) is 1.82. The summed E-state index contributed by atoms with van der Waals surface area (Å²) in [6, 6.07) is 0. The summed E-state index contributed by atoms with van der Waals surface area (Å²) in [5, 5.41) is 63.5. The molecule has 0 aliphatic carbocycles. The van der Waals surface area contributed by atoms with Crippen molar-refractivity contribution >= 4 is 0 Å². The Morgan fingerprint density at radius 1 is 0.265 bits per heavy atom. The highest BCUT2D eigenvalue weighted by Crippen LogP contribution is 2.46. The van der Waals surface area contributed by atoms with E-state index < -0.39 is 184 Å². The van der Waals surface area contributed by atoms with E-state index in [1.165, 1.54) is 0 Å². The average molecular weight is 1070 g/mol. The molecule has 0 aromatic heterocycles. The van der Waals surface area contributed by atoms with Gasteiger partial charge in [-0.15, -0.1) is 17.6 Å². The van der Waals surface area contributed by atoms with Crippen LogP contribution < -0.4 is 0 Å². The molecule has 410 valence electrons. The maximum atomic E-state index is 13.8. The first-order chi connectivity index (χ1) is 30.5. The van der Waals surface area contributed by atoms with E-state index in [0.717, 1.165) is 0 Å². The summed E-state index contributed by atoms with van der Waals surface area (Å²) >= 11 is 0. The van der Waals surface area contributed by atoms with Crippen LogP contribution in [0.4, 0.5) is 87.8 Å². The Morgan fingerprint density at radius 3 is 0.691 bits per heavy atom. The molecule has 0 fully saturated rings. The molecule has 7 N–H and O–H groups in total. The van der Waals surface area contributed by atoms with E-state index in [1.54, 1.807) is 0 Å². The minimum Gasteiger partial charge on any atom is -0.394 e. The first kappa shape index (κ1) is 65.8. The van der Waals surface area contributed by atoms with Crippen molar-refractivity contribution in [2.24, 2.45) is 0 Å². The van der Waals surface area contributed by atoms with Crippen molar-refractivity contribution in [3.63, 3.8) is 0 Å². The van der Waals surface area contributed by atoms with E-state index in [0.29, 0.717) is 0 Å². The van der Waals surface area contributed by atoms with Crippen LogP contribution in [0.1, 0.15) is 0 Å². The summed E-state index contributed by atoms with van der Waals surface area (Å²) in [4.78, 5) is 0. The van der Waals surface area contributed by atoms with Gasteiger partial charge in [-0.25, -0.2) is 28.4 Å². The molecule has 0 aliphatic rings. The molecule has 5 unspecified atom stereocenters. The van der Waals surface area contributed by atoms with E-state index in [2.05, 4.69) is 56.8 Å². The normalized spacial score (nSPS) is 16.8. The van der Waals surface area contributed by atoms with E-state index in [9.17, 15) is 103 Å². The van der Waals surface area contributed by atoms with Crippen LogP contribution in [0.5, 0.6) is 0 Å². The van der Waals surface area contributed by atoms with Crippen molar-refractivity contribution in [3.05, 3.63) is 0 Å². The maximum absolute atomic E-state index is 13.8. The molecule has 19 nitrogen and oxygen atoms in total. The third kappa shape index (κ3) is 27.4. The molecule has 0 radical (unpaired) electrons. The minimum atomic E-state index is -7.00. The highest BCUT2D eigenvalue weighted by Gasteiger charge is 2.70. The van der Waals surface area contributed by atoms with Gasteiger partial charge in [0, 0.05) is 0 Å². The summed E-state index contributed by atoms with van der Waals surface area (Å²) in [6.07, 6.45) is -72.3. The lowest BCUT2D eigenvalue weighted by atomic mass is 10.4. The maximum Gasteiger partial charge on any atom is 0.495 e. The first-order valence-electron chi connectivity index (χ1n) is 17.6. The quantitative estimate of drug-likeness (QED) is 0.0342. The summed E-state index contributed by atoms with van der Waals surface area (Å²) in [7, 11) is 0. The molecule has 0 spiro atoms. The number of halogens is 20. The van der Waals surface area contributed by atoms with E-state index in [1.807, 2.05) is 0 Å². The third-order valence-electron chi connectivity index (χ3n) is 6.25. The van der Waals surface area contributed by atoms with Crippen molar-refractivity contribution < 1.29 is 180 Å². The van der Waals surface area contributed by atoms with Gasteiger partial charge < -0.3 is 64.2 Å². The lowest BCUT2D eigenvalue weighted by molar-refractivity contribution is -0.567. The fourth-order valence-electron chi connectivity index (χ4n) is 3.60. The highest BCUT2D eigenvalue weighted by atomic mass is 19.4. The Labute approximate surface area is 365 Å². The van der Waals surface area contributed by atoms with Gasteiger partial charge in [-0.05, 0) is 0 Å². The second-order valence-corrected chi connectivity index (χ2v) is 12.9. The number of rotatable bonds is 40. The molecule has 0 bridgehead atoms. The molecule has 5 atom stereocenters. The number of aliphatic hydroxyl groups is 7. The first-order valence-corrected chi connectivity index (χ1v) is 17.6. The van der Waals surface area contributed by atoms with Crippen LogP contribution >= 0.6 is 0 Å². The molecule has 0 saturated carbocycles. The van der Waals surface area contributed by atoms with Crippen LogP contribution in [0.15, 0.2) is 0 Å². The molecule has 0 aromatic carbocycles. The Hall–Kier alpha value is -2.16. The molecular formula is C29H40F20O19. The molecule has 0 amide bonds. The Kier molecular flexibility index (Phi) is 26.2. The lowest BCUT2D eigenvalue weighted by Gasteiger charge is -2.32. The zero-order valence-corrected chi connectivity index (χ0v) is 33.4. The second-order valence-electron chi connectivity index (χ2n) is 12.9. The van der Waals surface area contributed by atoms with E-state index in [-0.39, 0.29) is 0 Å². The number of alkyl halides is 20. The summed E-state index contributed by atoms with van der Waals surface area (Å²) < 4.78 is 313. The van der Waals surface area contributed by atoms with Crippen molar-refractivity contribution in [2.75, 3.05) is 92.5 Å². The second kappa shape index (κ2) is 27.0. The lowest BCUT2D eigenvalue weighted by Crippen LogP contribution is -2.54. The Morgan fingerprint density at radius 2 is 0.456 bits per heavy atom. The number of ether oxygens (including phenoxy) is 12. The molecule has 39 heteroatoms. The van der Waals surface area contributed by atoms with Crippen LogP contribution in [0.25, 0.3) is 0 Å². The van der Waals surface area contributed by atoms with Gasteiger partial charge in [0.15, 0.2) is 0 Å². The summed E-state index contributed by atoms with van der Waals surface area (Å²) in [5.74, 6) is 0. The van der Waals surface area contributed by atoms with Gasteiger partial charge in [0.1, 0.15) is 56.9 Å².